The number of nitrogens with zero attached hydrogens (tertiary/aromatic N) is 3. The number of ether oxygens (including phenoxy) is 1. The minimum absolute atomic E-state index is 0.538. The summed E-state index contributed by atoms with van der Waals surface area (Å²) in [5, 5.41) is 0. The molecule has 4 heteroatoms. The second-order valence-corrected chi connectivity index (χ2v) is 5.57. The first-order valence-corrected chi connectivity index (χ1v) is 5.60. The molecule has 0 N–H and O–H groups in total. The first kappa shape index (κ1) is 8.05. The Balaban J connectivity index is 1.60. The molecular formula is C10H17N3O. The smallest absolute Gasteiger partial charge is 0.0816 e. The molecule has 5 aliphatic rings. The summed E-state index contributed by atoms with van der Waals surface area (Å²) in [6.07, 6.45) is 1.88. The summed E-state index contributed by atoms with van der Waals surface area (Å²) in [4.78, 5) is 7.75. The van der Waals surface area contributed by atoms with Gasteiger partial charge in [-0.25, -0.2) is 0 Å². The molecule has 4 nitrogen and oxygen atoms in total. The van der Waals surface area contributed by atoms with E-state index in [0.717, 1.165) is 6.61 Å². The number of hydrogen-bond donors (Lipinski definition) is 0. The van der Waals surface area contributed by atoms with E-state index in [-0.39, 0.29) is 0 Å². The van der Waals surface area contributed by atoms with E-state index in [4.69, 9.17) is 4.74 Å². The quantitative estimate of drug-likeness (QED) is 0.558. The minimum Gasteiger partial charge on any atom is -0.373 e. The van der Waals surface area contributed by atoms with Gasteiger partial charge >= 0.3 is 0 Å². The summed E-state index contributed by atoms with van der Waals surface area (Å²) in [5.41, 5.74) is 0.538. The monoisotopic (exact) mass is 195 g/mol. The Kier molecular flexibility index (Phi) is 1.44. The maximum atomic E-state index is 5.39. The van der Waals surface area contributed by atoms with Crippen molar-refractivity contribution in [3.05, 3.63) is 0 Å². The fourth-order valence-electron chi connectivity index (χ4n) is 3.72. The Morgan fingerprint density at radius 1 is 1.00 bits per heavy atom. The molecule has 5 fully saturated rings. The summed E-state index contributed by atoms with van der Waals surface area (Å²) < 4.78 is 5.39. The van der Waals surface area contributed by atoms with Crippen molar-refractivity contribution in [1.82, 2.24) is 14.7 Å². The van der Waals surface area contributed by atoms with E-state index in [9.17, 15) is 0 Å². The van der Waals surface area contributed by atoms with Gasteiger partial charge in [0.25, 0.3) is 0 Å². The lowest BCUT2D eigenvalue weighted by Gasteiger charge is -2.60. The molecule has 4 bridgehead atoms. The number of rotatable bonds is 2. The highest BCUT2D eigenvalue weighted by Crippen LogP contribution is 2.40. The van der Waals surface area contributed by atoms with E-state index in [1.165, 1.54) is 46.1 Å². The highest BCUT2D eigenvalue weighted by Gasteiger charge is 2.50. The topological polar surface area (TPSA) is 22.2 Å². The van der Waals surface area contributed by atoms with Gasteiger partial charge in [0.2, 0.25) is 0 Å². The van der Waals surface area contributed by atoms with Gasteiger partial charge in [0.05, 0.1) is 32.7 Å². The lowest BCUT2D eigenvalue weighted by molar-refractivity contribution is -0.175. The van der Waals surface area contributed by atoms with E-state index in [1.807, 2.05) is 0 Å². The van der Waals surface area contributed by atoms with E-state index >= 15 is 0 Å². The third-order valence-corrected chi connectivity index (χ3v) is 3.94. The molecular weight excluding hydrogens is 178 g/mol. The zero-order valence-electron chi connectivity index (χ0n) is 8.48. The van der Waals surface area contributed by atoms with Gasteiger partial charge in [-0.3, -0.25) is 14.7 Å². The summed E-state index contributed by atoms with van der Waals surface area (Å²) in [6, 6.07) is 0. The average Bonchev–Trinajstić information content (AvgIpc) is 2.84. The van der Waals surface area contributed by atoms with Crippen LogP contribution in [-0.4, -0.2) is 67.1 Å². The second kappa shape index (κ2) is 2.50. The van der Waals surface area contributed by atoms with Crippen LogP contribution in [0.2, 0.25) is 0 Å². The van der Waals surface area contributed by atoms with Crippen LogP contribution >= 0.6 is 0 Å². The van der Waals surface area contributed by atoms with Crippen LogP contribution in [0.3, 0.4) is 0 Å². The number of hydrogen-bond acceptors (Lipinski definition) is 4. The fourth-order valence-corrected chi connectivity index (χ4v) is 3.72. The SMILES string of the molecule is C1OC1CC12CN3CN(CN(C3)C1)C2. The van der Waals surface area contributed by atoms with Crippen molar-refractivity contribution in [2.24, 2.45) is 5.41 Å². The molecule has 1 unspecified atom stereocenters. The van der Waals surface area contributed by atoms with Crippen molar-refractivity contribution in [1.29, 1.82) is 0 Å². The van der Waals surface area contributed by atoms with Gasteiger partial charge in [0.15, 0.2) is 0 Å². The van der Waals surface area contributed by atoms with Gasteiger partial charge in [0.1, 0.15) is 0 Å². The van der Waals surface area contributed by atoms with E-state index < -0.39 is 0 Å². The molecule has 14 heavy (non-hydrogen) atoms. The van der Waals surface area contributed by atoms with Crippen LogP contribution < -0.4 is 0 Å². The van der Waals surface area contributed by atoms with Crippen molar-refractivity contribution in [3.63, 3.8) is 0 Å². The normalized spacial score (nSPS) is 59.1. The molecule has 0 radical (unpaired) electrons. The van der Waals surface area contributed by atoms with Gasteiger partial charge in [-0.15, -0.1) is 0 Å². The third kappa shape index (κ3) is 1.15. The maximum absolute atomic E-state index is 5.39. The van der Waals surface area contributed by atoms with Crippen molar-refractivity contribution in [3.8, 4) is 0 Å². The Hall–Kier alpha value is -0.160. The van der Waals surface area contributed by atoms with E-state index in [1.54, 1.807) is 0 Å². The van der Waals surface area contributed by atoms with Gasteiger partial charge in [-0.1, -0.05) is 0 Å². The van der Waals surface area contributed by atoms with Crippen molar-refractivity contribution in [2.75, 3.05) is 46.2 Å². The van der Waals surface area contributed by atoms with Gasteiger partial charge in [-0.2, -0.15) is 0 Å². The first-order chi connectivity index (χ1) is 6.81. The molecule has 0 aromatic heterocycles. The first-order valence-electron chi connectivity index (χ1n) is 5.60. The van der Waals surface area contributed by atoms with Gasteiger partial charge < -0.3 is 4.74 Å². The van der Waals surface area contributed by atoms with Crippen LogP contribution in [0.15, 0.2) is 0 Å². The molecule has 0 spiro atoms. The molecule has 5 rings (SSSR count). The molecule has 0 amide bonds. The van der Waals surface area contributed by atoms with Crippen LogP contribution in [0, 0.1) is 5.41 Å². The molecule has 78 valence electrons. The van der Waals surface area contributed by atoms with Crippen molar-refractivity contribution >= 4 is 0 Å². The highest BCUT2D eigenvalue weighted by molar-refractivity contribution is 5.01. The van der Waals surface area contributed by atoms with Crippen LogP contribution in [0.1, 0.15) is 6.42 Å². The zero-order valence-corrected chi connectivity index (χ0v) is 8.48. The third-order valence-electron chi connectivity index (χ3n) is 3.94. The molecule has 0 saturated carbocycles. The lowest BCUT2D eigenvalue weighted by atomic mass is 9.77. The summed E-state index contributed by atoms with van der Waals surface area (Å²) >= 11 is 0. The Labute approximate surface area is 84.4 Å². The number of epoxide rings is 1. The Morgan fingerprint density at radius 2 is 1.50 bits per heavy atom. The summed E-state index contributed by atoms with van der Waals surface area (Å²) in [6.45, 7) is 8.53. The van der Waals surface area contributed by atoms with Crippen LogP contribution in [0.5, 0.6) is 0 Å². The molecule has 0 aromatic rings. The summed E-state index contributed by atoms with van der Waals surface area (Å²) in [7, 11) is 0. The summed E-state index contributed by atoms with van der Waals surface area (Å²) in [5.74, 6) is 0. The molecule has 5 saturated heterocycles. The van der Waals surface area contributed by atoms with Crippen molar-refractivity contribution < 1.29 is 4.74 Å². The van der Waals surface area contributed by atoms with Crippen LogP contribution in [0.25, 0.3) is 0 Å². The maximum Gasteiger partial charge on any atom is 0.0816 e. The van der Waals surface area contributed by atoms with Crippen LogP contribution in [-0.2, 0) is 4.74 Å². The molecule has 5 aliphatic heterocycles. The standard InChI is InChI=1S/C10H17N3O/c1(9-2-14-9)10-3-11-6-12(4-10)8-13(5-10)7-11/h9H,1-8H2. The molecule has 5 heterocycles. The predicted octanol–water partition coefficient (Wildman–Crippen LogP) is -0.419. The largest absolute Gasteiger partial charge is 0.373 e. The Bertz CT molecular complexity index is 223. The van der Waals surface area contributed by atoms with Gasteiger partial charge in [0, 0.05) is 25.0 Å². The molecule has 0 aliphatic carbocycles. The second-order valence-electron chi connectivity index (χ2n) is 5.57. The lowest BCUT2D eigenvalue weighted by Crippen LogP contribution is -2.72. The van der Waals surface area contributed by atoms with E-state index in [2.05, 4.69) is 14.7 Å². The van der Waals surface area contributed by atoms with Crippen molar-refractivity contribution in [2.45, 2.75) is 12.5 Å². The average molecular weight is 195 g/mol. The predicted molar refractivity (Wildman–Crippen MR) is 51.5 cm³/mol. The highest BCUT2D eigenvalue weighted by atomic mass is 16.6. The molecule has 1 atom stereocenters. The minimum atomic E-state index is 0.538. The fraction of sp³-hybridized carbons (Fsp3) is 1.00. The Morgan fingerprint density at radius 3 is 1.93 bits per heavy atom. The molecule has 0 aromatic carbocycles. The zero-order chi connectivity index (χ0) is 9.17. The van der Waals surface area contributed by atoms with Crippen LogP contribution in [0.4, 0.5) is 0 Å². The van der Waals surface area contributed by atoms with Gasteiger partial charge in [-0.05, 0) is 6.42 Å². The van der Waals surface area contributed by atoms with E-state index in [0.29, 0.717) is 11.5 Å².